The number of nitrogens with one attached hydrogen (secondary N) is 1. The Kier molecular flexibility index (Phi) is 5.73. The van der Waals surface area contributed by atoms with Crippen molar-refractivity contribution in [1.82, 2.24) is 5.32 Å². The van der Waals surface area contributed by atoms with Gasteiger partial charge in [0.1, 0.15) is 6.04 Å². The van der Waals surface area contributed by atoms with Gasteiger partial charge in [-0.3, -0.25) is 9.59 Å². The Hall–Kier alpha value is -3.22. The van der Waals surface area contributed by atoms with Crippen LogP contribution in [0.15, 0.2) is 36.4 Å². The second-order valence-electron chi connectivity index (χ2n) is 6.48. The minimum atomic E-state index is -0.683. The number of hydrogen-bond donors (Lipinski definition) is 1. The molecule has 0 fully saturated rings. The van der Waals surface area contributed by atoms with Crippen LogP contribution in [0, 0.1) is 0 Å². The number of para-hydroxylation sites is 1. The van der Waals surface area contributed by atoms with Gasteiger partial charge in [0.05, 0.1) is 21.3 Å². The minimum absolute atomic E-state index is 0.147. The van der Waals surface area contributed by atoms with Crippen LogP contribution in [0.4, 0.5) is 5.69 Å². The van der Waals surface area contributed by atoms with Gasteiger partial charge in [0, 0.05) is 17.8 Å². The number of methoxy groups -OCH3 is 3. The summed E-state index contributed by atoms with van der Waals surface area (Å²) in [5.74, 6) is 0.608. The molecule has 2 aromatic rings. The Morgan fingerprint density at radius 3 is 2.29 bits per heavy atom. The van der Waals surface area contributed by atoms with Gasteiger partial charge in [-0.1, -0.05) is 18.2 Å². The SMILES string of the molecule is COc1cc(C(=O)N[C@@H](C)C(=O)N2CCc3ccccc32)cc(OC)c1OC. The van der Waals surface area contributed by atoms with Crippen LogP contribution in [0.2, 0.25) is 0 Å². The Balaban J connectivity index is 1.77. The molecule has 148 valence electrons. The van der Waals surface area contributed by atoms with Gasteiger partial charge < -0.3 is 24.4 Å². The molecule has 0 saturated heterocycles. The number of anilines is 1. The number of amides is 2. The molecule has 2 amide bonds. The van der Waals surface area contributed by atoms with E-state index in [9.17, 15) is 9.59 Å². The van der Waals surface area contributed by atoms with Crippen LogP contribution in [-0.2, 0) is 11.2 Å². The fourth-order valence-corrected chi connectivity index (χ4v) is 3.35. The molecule has 0 aliphatic carbocycles. The Morgan fingerprint density at radius 1 is 1.04 bits per heavy atom. The summed E-state index contributed by atoms with van der Waals surface area (Å²) in [6, 6.07) is 10.2. The van der Waals surface area contributed by atoms with Gasteiger partial charge in [-0.15, -0.1) is 0 Å². The van der Waals surface area contributed by atoms with Crippen LogP contribution in [0.1, 0.15) is 22.8 Å². The molecule has 1 N–H and O–H groups in total. The predicted molar refractivity (Wildman–Crippen MR) is 106 cm³/mol. The number of carbonyl (C=O) groups excluding carboxylic acids is 2. The summed E-state index contributed by atoms with van der Waals surface area (Å²) in [6.45, 7) is 2.29. The van der Waals surface area contributed by atoms with Crippen LogP contribution < -0.4 is 24.4 Å². The smallest absolute Gasteiger partial charge is 0.252 e. The van der Waals surface area contributed by atoms with E-state index in [1.807, 2.05) is 24.3 Å². The number of benzene rings is 2. The Morgan fingerprint density at radius 2 is 1.68 bits per heavy atom. The molecule has 1 heterocycles. The standard InChI is InChI=1S/C21H24N2O5/c1-13(21(25)23-10-9-14-7-5-6-8-16(14)23)22-20(24)15-11-17(26-2)19(28-4)18(12-15)27-3/h5-8,11-13H,9-10H2,1-4H3,(H,22,24)/t13-/m0/s1. The minimum Gasteiger partial charge on any atom is -0.493 e. The molecule has 1 aliphatic heterocycles. The van der Waals surface area contributed by atoms with Crippen molar-refractivity contribution in [3.8, 4) is 17.2 Å². The summed E-state index contributed by atoms with van der Waals surface area (Å²) in [4.78, 5) is 27.3. The molecule has 0 spiro atoms. The molecule has 3 rings (SSSR count). The van der Waals surface area contributed by atoms with Crippen LogP contribution in [0.5, 0.6) is 17.2 Å². The van der Waals surface area contributed by atoms with E-state index in [0.717, 1.165) is 17.7 Å². The van der Waals surface area contributed by atoms with Gasteiger partial charge >= 0.3 is 0 Å². The first-order chi connectivity index (χ1) is 13.5. The number of hydrogen-bond acceptors (Lipinski definition) is 5. The number of rotatable bonds is 6. The van der Waals surface area contributed by atoms with Gasteiger partial charge in [0.2, 0.25) is 11.7 Å². The van der Waals surface area contributed by atoms with Crippen molar-refractivity contribution in [3.63, 3.8) is 0 Å². The van der Waals surface area contributed by atoms with Crippen molar-refractivity contribution >= 4 is 17.5 Å². The van der Waals surface area contributed by atoms with Crippen LogP contribution >= 0.6 is 0 Å². The second-order valence-corrected chi connectivity index (χ2v) is 6.48. The van der Waals surface area contributed by atoms with Crippen molar-refractivity contribution < 1.29 is 23.8 Å². The summed E-state index contributed by atoms with van der Waals surface area (Å²) >= 11 is 0. The van der Waals surface area contributed by atoms with Crippen molar-refractivity contribution in [3.05, 3.63) is 47.5 Å². The maximum Gasteiger partial charge on any atom is 0.252 e. The Bertz CT molecular complexity index is 871. The molecule has 28 heavy (non-hydrogen) atoms. The van der Waals surface area contributed by atoms with E-state index < -0.39 is 11.9 Å². The van der Waals surface area contributed by atoms with Gasteiger partial charge in [-0.05, 0) is 37.1 Å². The van der Waals surface area contributed by atoms with E-state index in [0.29, 0.717) is 29.4 Å². The lowest BCUT2D eigenvalue weighted by atomic mass is 10.1. The summed E-state index contributed by atoms with van der Waals surface area (Å²) in [7, 11) is 4.46. The summed E-state index contributed by atoms with van der Waals surface area (Å²) in [5, 5.41) is 2.76. The molecular weight excluding hydrogens is 360 g/mol. The average molecular weight is 384 g/mol. The van der Waals surface area contributed by atoms with E-state index in [1.165, 1.54) is 21.3 Å². The van der Waals surface area contributed by atoms with Crippen molar-refractivity contribution in [2.45, 2.75) is 19.4 Å². The number of ether oxygens (including phenoxy) is 3. The molecule has 0 unspecified atom stereocenters. The lowest BCUT2D eigenvalue weighted by molar-refractivity contribution is -0.119. The van der Waals surface area contributed by atoms with E-state index in [2.05, 4.69) is 5.32 Å². The number of nitrogens with zero attached hydrogens (tertiary/aromatic N) is 1. The average Bonchev–Trinajstić information content (AvgIpc) is 3.15. The largest absolute Gasteiger partial charge is 0.493 e. The predicted octanol–water partition coefficient (Wildman–Crippen LogP) is 2.42. The monoisotopic (exact) mass is 384 g/mol. The number of carbonyl (C=O) groups is 2. The zero-order valence-electron chi connectivity index (χ0n) is 16.4. The van der Waals surface area contributed by atoms with Gasteiger partial charge in [0.15, 0.2) is 11.5 Å². The summed E-state index contributed by atoms with van der Waals surface area (Å²) in [6.07, 6.45) is 0.815. The molecule has 1 atom stereocenters. The third kappa shape index (κ3) is 3.60. The highest BCUT2D eigenvalue weighted by atomic mass is 16.5. The molecule has 7 heteroatoms. The molecule has 0 radical (unpaired) electrons. The number of fused-ring (bicyclic) bond motifs is 1. The van der Waals surface area contributed by atoms with Crippen molar-refractivity contribution in [2.75, 3.05) is 32.8 Å². The maximum absolute atomic E-state index is 12.9. The van der Waals surface area contributed by atoms with Gasteiger partial charge in [0.25, 0.3) is 5.91 Å². The first-order valence-corrected chi connectivity index (χ1v) is 9.00. The highest BCUT2D eigenvalue weighted by Crippen LogP contribution is 2.38. The fourth-order valence-electron chi connectivity index (χ4n) is 3.35. The van der Waals surface area contributed by atoms with Crippen LogP contribution in [-0.4, -0.2) is 45.7 Å². The third-order valence-electron chi connectivity index (χ3n) is 4.80. The summed E-state index contributed by atoms with van der Waals surface area (Å²) < 4.78 is 15.8. The molecule has 0 aromatic heterocycles. The Labute approximate surface area is 164 Å². The highest BCUT2D eigenvalue weighted by Gasteiger charge is 2.29. The normalized spacial score (nSPS) is 13.5. The van der Waals surface area contributed by atoms with Gasteiger partial charge in [-0.25, -0.2) is 0 Å². The van der Waals surface area contributed by atoms with E-state index in [-0.39, 0.29) is 5.91 Å². The van der Waals surface area contributed by atoms with E-state index >= 15 is 0 Å². The first-order valence-electron chi connectivity index (χ1n) is 9.00. The van der Waals surface area contributed by atoms with E-state index in [4.69, 9.17) is 14.2 Å². The lowest BCUT2D eigenvalue weighted by Crippen LogP contribution is -2.46. The lowest BCUT2D eigenvalue weighted by Gasteiger charge is -2.22. The molecular formula is C21H24N2O5. The zero-order chi connectivity index (χ0) is 20.3. The quantitative estimate of drug-likeness (QED) is 0.828. The first kappa shape index (κ1) is 19.5. The topological polar surface area (TPSA) is 77.1 Å². The second kappa shape index (κ2) is 8.21. The summed E-state index contributed by atoms with van der Waals surface area (Å²) in [5.41, 5.74) is 2.36. The third-order valence-corrected chi connectivity index (χ3v) is 4.80. The zero-order valence-corrected chi connectivity index (χ0v) is 16.4. The van der Waals surface area contributed by atoms with Crippen LogP contribution in [0.25, 0.3) is 0 Å². The molecule has 7 nitrogen and oxygen atoms in total. The van der Waals surface area contributed by atoms with E-state index in [1.54, 1.807) is 24.0 Å². The molecule has 0 bridgehead atoms. The van der Waals surface area contributed by atoms with Crippen molar-refractivity contribution in [1.29, 1.82) is 0 Å². The molecule has 2 aromatic carbocycles. The molecule has 0 saturated carbocycles. The molecule has 1 aliphatic rings. The highest BCUT2D eigenvalue weighted by molar-refractivity contribution is 6.03. The maximum atomic E-state index is 12.9. The fraction of sp³-hybridized carbons (Fsp3) is 0.333. The van der Waals surface area contributed by atoms with Crippen LogP contribution in [0.3, 0.4) is 0 Å². The van der Waals surface area contributed by atoms with Gasteiger partial charge in [-0.2, -0.15) is 0 Å². The van der Waals surface area contributed by atoms with Crippen molar-refractivity contribution in [2.24, 2.45) is 0 Å².